The van der Waals surface area contributed by atoms with Crippen molar-refractivity contribution in [3.05, 3.63) is 0 Å². The topological polar surface area (TPSA) is 75.6 Å². The summed E-state index contributed by atoms with van der Waals surface area (Å²) < 4.78 is 32.4. The summed E-state index contributed by atoms with van der Waals surface area (Å²) in [5.41, 5.74) is 0.00846. The lowest BCUT2D eigenvalue weighted by Crippen LogP contribution is -2.15. The second kappa shape index (κ2) is 28.1. The predicted octanol–water partition coefficient (Wildman–Crippen LogP) is 3.87. The highest BCUT2D eigenvalue weighted by molar-refractivity contribution is 7.80. The standard InChI is InChI=1S/C23H48O7S/c1-2-3-4-5-6-7-8-9-10-23(31)30-22-21-29-20-19-28-18-17-27-16-15-26-14-13-25-12-11-24/h23-24,31H,2-22H2,1H3. The number of thiol groups is 1. The largest absolute Gasteiger partial charge is 0.394 e. The van der Waals surface area contributed by atoms with Gasteiger partial charge in [-0.1, -0.05) is 58.3 Å². The molecule has 0 aliphatic heterocycles. The van der Waals surface area contributed by atoms with Crippen LogP contribution in [0.2, 0.25) is 0 Å². The average Bonchev–Trinajstić information content (AvgIpc) is 2.77. The van der Waals surface area contributed by atoms with E-state index in [2.05, 4.69) is 19.6 Å². The number of rotatable bonds is 27. The lowest BCUT2D eigenvalue weighted by Gasteiger charge is -2.12. The summed E-state index contributed by atoms with van der Waals surface area (Å²) in [6, 6.07) is 0. The molecule has 0 bridgehead atoms. The molecule has 0 rings (SSSR count). The van der Waals surface area contributed by atoms with Crippen molar-refractivity contribution in [3.63, 3.8) is 0 Å². The first-order valence-electron chi connectivity index (χ1n) is 12.1. The van der Waals surface area contributed by atoms with Crippen molar-refractivity contribution in [1.82, 2.24) is 0 Å². The van der Waals surface area contributed by atoms with E-state index in [1.165, 1.54) is 51.4 Å². The Kier molecular flexibility index (Phi) is 28.2. The van der Waals surface area contributed by atoms with Gasteiger partial charge in [0.25, 0.3) is 0 Å². The molecule has 7 nitrogen and oxygen atoms in total. The molecule has 0 saturated carbocycles. The van der Waals surface area contributed by atoms with Gasteiger partial charge in [0.05, 0.1) is 79.3 Å². The maximum absolute atomic E-state index is 8.55. The summed E-state index contributed by atoms with van der Waals surface area (Å²) in [7, 11) is 0. The molecule has 0 aliphatic rings. The van der Waals surface area contributed by atoms with Gasteiger partial charge in [0, 0.05) is 0 Å². The van der Waals surface area contributed by atoms with Crippen molar-refractivity contribution < 1.29 is 33.5 Å². The zero-order chi connectivity index (χ0) is 22.7. The molecule has 1 N–H and O–H groups in total. The Bertz CT molecular complexity index is 324. The molecule has 0 aliphatic carbocycles. The SMILES string of the molecule is CCCCCCCCCCC(S)OCCOCCOCCOCCOCCOCCO. The molecular weight excluding hydrogens is 420 g/mol. The molecule has 31 heavy (non-hydrogen) atoms. The zero-order valence-electron chi connectivity index (χ0n) is 19.8. The monoisotopic (exact) mass is 468 g/mol. The van der Waals surface area contributed by atoms with E-state index in [1.807, 2.05) is 0 Å². The van der Waals surface area contributed by atoms with E-state index < -0.39 is 0 Å². The molecule has 0 aromatic rings. The first-order valence-corrected chi connectivity index (χ1v) is 12.6. The molecule has 0 radical (unpaired) electrons. The minimum atomic E-state index is 0.00846. The molecule has 0 aromatic carbocycles. The summed E-state index contributed by atoms with van der Waals surface area (Å²) in [5, 5.41) is 8.55. The van der Waals surface area contributed by atoms with Crippen molar-refractivity contribution >= 4 is 12.6 Å². The molecule has 1 unspecified atom stereocenters. The van der Waals surface area contributed by atoms with Gasteiger partial charge < -0.3 is 33.5 Å². The minimum absolute atomic E-state index is 0.00846. The molecule has 0 heterocycles. The van der Waals surface area contributed by atoms with Gasteiger partial charge in [-0.3, -0.25) is 0 Å². The number of unbranched alkanes of at least 4 members (excludes halogenated alkanes) is 7. The molecule has 8 heteroatoms. The van der Waals surface area contributed by atoms with E-state index in [9.17, 15) is 0 Å². The van der Waals surface area contributed by atoms with Crippen LogP contribution in [0.4, 0.5) is 0 Å². The average molecular weight is 469 g/mol. The van der Waals surface area contributed by atoms with Gasteiger partial charge >= 0.3 is 0 Å². The van der Waals surface area contributed by atoms with Crippen LogP contribution in [0.3, 0.4) is 0 Å². The van der Waals surface area contributed by atoms with Gasteiger partial charge in [-0.15, -0.1) is 12.6 Å². The second-order valence-corrected chi connectivity index (χ2v) is 7.95. The minimum Gasteiger partial charge on any atom is -0.394 e. The fourth-order valence-electron chi connectivity index (χ4n) is 2.83. The van der Waals surface area contributed by atoms with Crippen molar-refractivity contribution in [2.24, 2.45) is 0 Å². The molecule has 0 fully saturated rings. The van der Waals surface area contributed by atoms with Crippen LogP contribution >= 0.6 is 12.6 Å². The van der Waals surface area contributed by atoms with Crippen LogP contribution in [0.15, 0.2) is 0 Å². The second-order valence-electron chi connectivity index (χ2n) is 7.37. The number of aliphatic hydroxyl groups excluding tert-OH is 1. The molecule has 0 amide bonds. The van der Waals surface area contributed by atoms with Gasteiger partial charge in [-0.2, -0.15) is 0 Å². The van der Waals surface area contributed by atoms with Crippen LogP contribution in [-0.2, 0) is 28.4 Å². The first kappa shape index (κ1) is 31.1. The quantitative estimate of drug-likeness (QED) is 0.108. The fraction of sp³-hybridized carbons (Fsp3) is 1.00. The molecule has 0 aromatic heterocycles. The molecule has 0 spiro atoms. The summed E-state index contributed by atoms with van der Waals surface area (Å²) in [6.45, 7) is 8.00. The van der Waals surface area contributed by atoms with E-state index in [0.717, 1.165) is 6.42 Å². The Hall–Kier alpha value is 0.0700. The third-order valence-electron chi connectivity index (χ3n) is 4.57. The van der Waals surface area contributed by atoms with Gasteiger partial charge in [0.2, 0.25) is 0 Å². The van der Waals surface area contributed by atoms with Crippen molar-refractivity contribution in [3.8, 4) is 0 Å². The normalized spacial score (nSPS) is 12.5. The fourth-order valence-corrected chi connectivity index (χ4v) is 3.11. The Labute approximate surface area is 195 Å². The van der Waals surface area contributed by atoms with Crippen LogP contribution in [-0.4, -0.2) is 89.8 Å². The predicted molar refractivity (Wildman–Crippen MR) is 127 cm³/mol. The van der Waals surface area contributed by atoms with E-state index in [0.29, 0.717) is 72.7 Å². The van der Waals surface area contributed by atoms with Gasteiger partial charge in [0.1, 0.15) is 5.44 Å². The number of hydrogen-bond acceptors (Lipinski definition) is 8. The molecule has 0 saturated heterocycles. The highest BCUT2D eigenvalue weighted by atomic mass is 32.1. The van der Waals surface area contributed by atoms with Crippen molar-refractivity contribution in [2.45, 2.75) is 70.1 Å². The van der Waals surface area contributed by atoms with Crippen LogP contribution in [0.1, 0.15) is 64.7 Å². The maximum Gasteiger partial charge on any atom is 0.100 e. The third-order valence-corrected chi connectivity index (χ3v) is 4.97. The Morgan fingerprint density at radius 3 is 1.39 bits per heavy atom. The number of ether oxygens (including phenoxy) is 6. The van der Waals surface area contributed by atoms with Crippen LogP contribution in [0, 0.1) is 0 Å². The van der Waals surface area contributed by atoms with Crippen LogP contribution in [0.25, 0.3) is 0 Å². The number of hydrogen-bond donors (Lipinski definition) is 2. The lowest BCUT2D eigenvalue weighted by molar-refractivity contribution is -0.0196. The van der Waals surface area contributed by atoms with Crippen LogP contribution < -0.4 is 0 Å². The van der Waals surface area contributed by atoms with Crippen molar-refractivity contribution in [1.29, 1.82) is 0 Å². The summed E-state index contributed by atoms with van der Waals surface area (Å²) in [4.78, 5) is 0. The summed E-state index contributed by atoms with van der Waals surface area (Å²) in [6.07, 6.45) is 11.6. The highest BCUT2D eigenvalue weighted by Crippen LogP contribution is 2.13. The Morgan fingerprint density at radius 2 is 0.935 bits per heavy atom. The van der Waals surface area contributed by atoms with Gasteiger partial charge in [-0.05, 0) is 6.42 Å². The zero-order valence-corrected chi connectivity index (χ0v) is 20.7. The molecule has 1 atom stereocenters. The Morgan fingerprint density at radius 1 is 0.548 bits per heavy atom. The van der Waals surface area contributed by atoms with E-state index in [4.69, 9.17) is 33.5 Å². The maximum atomic E-state index is 8.55. The van der Waals surface area contributed by atoms with E-state index in [-0.39, 0.29) is 12.0 Å². The van der Waals surface area contributed by atoms with Gasteiger partial charge in [-0.25, -0.2) is 0 Å². The van der Waals surface area contributed by atoms with Crippen molar-refractivity contribution in [2.75, 3.05) is 79.3 Å². The summed E-state index contributed by atoms with van der Waals surface area (Å²) >= 11 is 4.49. The Balaban J connectivity index is 3.11. The van der Waals surface area contributed by atoms with E-state index in [1.54, 1.807) is 0 Å². The molecule has 188 valence electrons. The van der Waals surface area contributed by atoms with E-state index >= 15 is 0 Å². The number of aliphatic hydroxyl groups is 1. The molecular formula is C23H48O7S. The van der Waals surface area contributed by atoms with Crippen LogP contribution in [0.5, 0.6) is 0 Å². The first-order chi connectivity index (χ1) is 15.3. The lowest BCUT2D eigenvalue weighted by atomic mass is 10.1. The smallest absolute Gasteiger partial charge is 0.100 e. The third kappa shape index (κ3) is 28.0. The summed E-state index contributed by atoms with van der Waals surface area (Å²) in [5.74, 6) is 0. The van der Waals surface area contributed by atoms with Gasteiger partial charge in [0.15, 0.2) is 0 Å². The highest BCUT2D eigenvalue weighted by Gasteiger charge is 2.03.